The van der Waals surface area contributed by atoms with E-state index in [0.717, 1.165) is 5.57 Å². The summed E-state index contributed by atoms with van der Waals surface area (Å²) in [5.74, 6) is -1.55. The van der Waals surface area contributed by atoms with E-state index in [1.54, 1.807) is 0 Å². The van der Waals surface area contributed by atoms with E-state index in [0.29, 0.717) is 12.8 Å². The number of rotatable bonds is 4. The maximum Gasteiger partial charge on any atom is 0.228 e. The van der Waals surface area contributed by atoms with E-state index < -0.39 is 11.6 Å². The number of carbonyl (C=O) groups excluding carboxylic acids is 2. The van der Waals surface area contributed by atoms with Gasteiger partial charge in [-0.05, 0) is 39.7 Å². The van der Waals surface area contributed by atoms with Crippen LogP contribution in [0.15, 0.2) is 29.0 Å². The molecule has 0 aliphatic heterocycles. The summed E-state index contributed by atoms with van der Waals surface area (Å²) in [6.07, 6.45) is 2.96. The molecule has 0 bridgehead atoms. The third-order valence-corrected chi connectivity index (χ3v) is 3.89. The predicted molar refractivity (Wildman–Crippen MR) is 85.9 cm³/mol. The fourth-order valence-electron chi connectivity index (χ4n) is 2.69. The Kier molecular flexibility index (Phi) is 4.59. The molecule has 2 N–H and O–H groups in total. The SMILES string of the molecule is COC1=C(C)C(=O)c2c(cc(O)c(CCC=C(C)C)c2O)C1=O. The highest BCUT2D eigenvalue weighted by Crippen LogP contribution is 2.39. The second-order valence-corrected chi connectivity index (χ2v) is 5.78. The molecule has 0 radical (unpaired) electrons. The number of ether oxygens (including phenoxy) is 1. The molecule has 122 valence electrons. The number of fused-ring (bicyclic) bond motifs is 1. The van der Waals surface area contributed by atoms with Crippen LogP contribution in [0.3, 0.4) is 0 Å². The van der Waals surface area contributed by atoms with Gasteiger partial charge in [-0.15, -0.1) is 0 Å². The fourth-order valence-corrected chi connectivity index (χ4v) is 2.69. The van der Waals surface area contributed by atoms with Gasteiger partial charge in [0.05, 0.1) is 12.7 Å². The lowest BCUT2D eigenvalue weighted by Gasteiger charge is -2.21. The van der Waals surface area contributed by atoms with Gasteiger partial charge in [0.1, 0.15) is 11.5 Å². The number of Topliss-reactive ketones (excluding diaryl/α,β-unsaturated/α-hetero) is 2. The van der Waals surface area contributed by atoms with Crippen molar-refractivity contribution >= 4 is 11.6 Å². The van der Waals surface area contributed by atoms with Crippen molar-refractivity contribution in [1.82, 2.24) is 0 Å². The third kappa shape index (κ3) is 2.86. The summed E-state index contributed by atoms with van der Waals surface area (Å²) in [6.45, 7) is 5.39. The molecule has 2 rings (SSSR count). The molecular formula is C18H20O5. The maximum atomic E-state index is 12.5. The Hall–Kier alpha value is -2.56. The highest BCUT2D eigenvalue weighted by atomic mass is 16.5. The zero-order valence-electron chi connectivity index (χ0n) is 13.7. The lowest BCUT2D eigenvalue weighted by molar-refractivity contribution is 0.0904. The Bertz CT molecular complexity index is 749. The molecule has 0 saturated carbocycles. The highest BCUT2D eigenvalue weighted by molar-refractivity contribution is 6.27. The molecule has 5 heteroatoms. The van der Waals surface area contributed by atoms with E-state index in [2.05, 4.69) is 0 Å². The summed E-state index contributed by atoms with van der Waals surface area (Å²) >= 11 is 0. The molecule has 0 aromatic heterocycles. The van der Waals surface area contributed by atoms with Crippen LogP contribution in [0.1, 0.15) is 53.5 Å². The van der Waals surface area contributed by atoms with Gasteiger partial charge in [0, 0.05) is 16.7 Å². The van der Waals surface area contributed by atoms with E-state index in [1.807, 2.05) is 19.9 Å². The number of hydrogen-bond acceptors (Lipinski definition) is 5. The number of aromatic hydroxyl groups is 2. The van der Waals surface area contributed by atoms with Gasteiger partial charge in [-0.1, -0.05) is 11.6 Å². The van der Waals surface area contributed by atoms with Crippen molar-refractivity contribution in [2.75, 3.05) is 7.11 Å². The number of carbonyl (C=O) groups is 2. The first-order valence-corrected chi connectivity index (χ1v) is 7.35. The summed E-state index contributed by atoms with van der Waals surface area (Å²) in [6, 6.07) is 1.23. The Balaban J connectivity index is 2.56. The van der Waals surface area contributed by atoms with Crippen LogP contribution in [-0.2, 0) is 11.2 Å². The Morgan fingerprint density at radius 2 is 1.87 bits per heavy atom. The lowest BCUT2D eigenvalue weighted by atomic mass is 9.85. The number of phenols is 2. The smallest absolute Gasteiger partial charge is 0.228 e. The molecule has 0 heterocycles. The van der Waals surface area contributed by atoms with Crippen molar-refractivity contribution in [2.45, 2.75) is 33.6 Å². The topological polar surface area (TPSA) is 83.8 Å². The maximum absolute atomic E-state index is 12.5. The zero-order chi connectivity index (χ0) is 17.3. The van der Waals surface area contributed by atoms with Crippen molar-refractivity contribution in [3.05, 3.63) is 45.7 Å². The van der Waals surface area contributed by atoms with Gasteiger partial charge in [-0.2, -0.15) is 0 Å². The third-order valence-electron chi connectivity index (χ3n) is 3.89. The van der Waals surface area contributed by atoms with Crippen molar-refractivity contribution < 1.29 is 24.5 Å². The minimum Gasteiger partial charge on any atom is -0.508 e. The molecule has 0 fully saturated rings. The molecule has 0 saturated heterocycles. The minimum atomic E-state index is -0.513. The van der Waals surface area contributed by atoms with Crippen LogP contribution >= 0.6 is 0 Å². The van der Waals surface area contributed by atoms with Crippen LogP contribution in [0.5, 0.6) is 11.5 Å². The van der Waals surface area contributed by atoms with Crippen molar-refractivity contribution in [3.8, 4) is 11.5 Å². The van der Waals surface area contributed by atoms with Crippen LogP contribution in [0.4, 0.5) is 0 Å². The molecule has 1 aromatic rings. The Morgan fingerprint density at radius 1 is 1.22 bits per heavy atom. The largest absolute Gasteiger partial charge is 0.508 e. The average Bonchev–Trinajstić information content (AvgIpc) is 2.48. The van der Waals surface area contributed by atoms with Gasteiger partial charge in [-0.3, -0.25) is 9.59 Å². The first-order valence-electron chi connectivity index (χ1n) is 7.35. The quantitative estimate of drug-likeness (QED) is 0.833. The summed E-state index contributed by atoms with van der Waals surface area (Å²) in [5, 5.41) is 20.6. The Labute approximate surface area is 134 Å². The van der Waals surface area contributed by atoms with Gasteiger partial charge < -0.3 is 14.9 Å². The molecule has 1 aromatic carbocycles. The van der Waals surface area contributed by atoms with Crippen LogP contribution in [-0.4, -0.2) is 28.9 Å². The number of benzene rings is 1. The number of methoxy groups -OCH3 is 1. The highest BCUT2D eigenvalue weighted by Gasteiger charge is 2.35. The van der Waals surface area contributed by atoms with E-state index in [4.69, 9.17) is 4.74 Å². The molecule has 0 atom stereocenters. The summed E-state index contributed by atoms with van der Waals surface area (Å²) in [4.78, 5) is 24.8. The molecule has 1 aliphatic rings. The Morgan fingerprint density at radius 3 is 2.43 bits per heavy atom. The summed E-state index contributed by atoms with van der Waals surface area (Å²) in [7, 11) is 1.31. The second kappa shape index (κ2) is 6.28. The number of allylic oxidation sites excluding steroid dienone is 4. The molecule has 0 unspecified atom stereocenters. The van der Waals surface area contributed by atoms with Crippen molar-refractivity contribution in [3.63, 3.8) is 0 Å². The van der Waals surface area contributed by atoms with Gasteiger partial charge in [0.15, 0.2) is 11.5 Å². The predicted octanol–water partition coefficient (Wildman–Crippen LogP) is 3.30. The zero-order valence-corrected chi connectivity index (χ0v) is 13.7. The number of phenolic OH excluding ortho intramolecular Hbond substituents is 2. The average molecular weight is 316 g/mol. The van der Waals surface area contributed by atoms with Crippen molar-refractivity contribution in [2.24, 2.45) is 0 Å². The monoisotopic (exact) mass is 316 g/mol. The fraction of sp³-hybridized carbons (Fsp3) is 0.333. The summed E-state index contributed by atoms with van der Waals surface area (Å²) < 4.78 is 4.98. The van der Waals surface area contributed by atoms with Crippen molar-refractivity contribution in [1.29, 1.82) is 0 Å². The molecule has 0 spiro atoms. The standard InChI is InChI=1S/C18H20O5/c1-9(2)6-5-7-11-13(19)8-12-14(16(11)21)15(20)10(3)18(23-4)17(12)22/h6,8,19,21H,5,7H2,1-4H3. The normalized spacial score (nSPS) is 13.9. The second-order valence-electron chi connectivity index (χ2n) is 5.78. The van der Waals surface area contributed by atoms with E-state index in [-0.39, 0.29) is 39.5 Å². The molecule has 1 aliphatic carbocycles. The van der Waals surface area contributed by atoms with E-state index in [9.17, 15) is 19.8 Å². The molecule has 23 heavy (non-hydrogen) atoms. The van der Waals surface area contributed by atoms with E-state index in [1.165, 1.54) is 20.1 Å². The number of hydrogen-bond donors (Lipinski definition) is 2. The van der Waals surface area contributed by atoms with Gasteiger partial charge in [0.25, 0.3) is 0 Å². The van der Waals surface area contributed by atoms with Crippen LogP contribution in [0.2, 0.25) is 0 Å². The number of ketones is 2. The molecule has 0 amide bonds. The van der Waals surface area contributed by atoms with Gasteiger partial charge >= 0.3 is 0 Å². The van der Waals surface area contributed by atoms with Gasteiger partial charge in [-0.25, -0.2) is 0 Å². The molecule has 5 nitrogen and oxygen atoms in total. The van der Waals surface area contributed by atoms with E-state index >= 15 is 0 Å². The van der Waals surface area contributed by atoms with Crippen LogP contribution in [0.25, 0.3) is 0 Å². The summed E-state index contributed by atoms with van der Waals surface area (Å²) in [5.41, 5.74) is 1.46. The van der Waals surface area contributed by atoms with Crippen LogP contribution < -0.4 is 0 Å². The first-order chi connectivity index (χ1) is 10.8. The van der Waals surface area contributed by atoms with Crippen LogP contribution in [0, 0.1) is 0 Å². The lowest BCUT2D eigenvalue weighted by Crippen LogP contribution is -2.22. The van der Waals surface area contributed by atoms with Gasteiger partial charge in [0.2, 0.25) is 5.78 Å². The molecular weight excluding hydrogens is 296 g/mol. The first kappa shape index (κ1) is 16.8. The minimum absolute atomic E-state index is 0.0292.